The maximum absolute atomic E-state index is 7.19. The van der Waals surface area contributed by atoms with Gasteiger partial charge in [-0.15, -0.1) is 11.8 Å². The fourth-order valence-corrected chi connectivity index (χ4v) is 11.0. The molecule has 0 radical (unpaired) electrons. The molecule has 5 aromatic heterocycles. The number of aromatic nitrogens is 5. The van der Waals surface area contributed by atoms with Crippen molar-refractivity contribution in [2.24, 2.45) is 10.9 Å². The van der Waals surface area contributed by atoms with Crippen molar-refractivity contribution in [2.45, 2.75) is 153 Å². The second kappa shape index (κ2) is 42.9. The van der Waals surface area contributed by atoms with Crippen molar-refractivity contribution in [1.82, 2.24) is 24.9 Å². The normalized spacial score (nSPS) is 12.3. The van der Waals surface area contributed by atoms with Crippen LogP contribution in [0.3, 0.4) is 0 Å². The van der Waals surface area contributed by atoms with Crippen LogP contribution in [0, 0.1) is 80.0 Å². The average Bonchev–Trinajstić information content (AvgIpc) is 2.10. The summed E-state index contributed by atoms with van der Waals surface area (Å²) in [5.41, 5.74) is 13.2. The molecule has 0 bridgehead atoms. The molecule has 1 aliphatic rings. The van der Waals surface area contributed by atoms with E-state index in [1.165, 1.54) is 22.9 Å². The smallest absolute Gasteiger partial charge is 0.264 e. The Kier molecular flexibility index (Phi) is 35.3. The fraction of sp³-hybridized carbons (Fsp3) is 0.325. The first-order chi connectivity index (χ1) is 45.6. The van der Waals surface area contributed by atoms with Gasteiger partial charge in [-0.2, -0.15) is 0 Å². The predicted molar refractivity (Wildman–Crippen MR) is 395 cm³/mol. The van der Waals surface area contributed by atoms with Gasteiger partial charge >= 0.3 is 0 Å². The molecule has 18 heteroatoms. The number of pyridine rings is 5. The van der Waals surface area contributed by atoms with Gasteiger partial charge in [0.25, 0.3) is 6.04 Å². The highest BCUT2D eigenvalue weighted by molar-refractivity contribution is 8.00. The molecule has 0 amide bonds. The number of ether oxygens (including phenoxy) is 1. The molecule has 0 aliphatic carbocycles. The highest BCUT2D eigenvalue weighted by Crippen LogP contribution is 2.35. The Bertz CT molecular complexity index is 4040. The maximum atomic E-state index is 7.19. The minimum atomic E-state index is -0.0301. The van der Waals surface area contributed by atoms with Crippen LogP contribution in [0.2, 0.25) is 10.0 Å². The zero-order valence-electron chi connectivity index (χ0n) is 56.4. The van der Waals surface area contributed by atoms with Crippen LogP contribution in [0.1, 0.15) is 111 Å². The van der Waals surface area contributed by atoms with E-state index >= 15 is 0 Å². The zero-order valence-corrected chi connectivity index (χ0v) is 59.5. The number of aryl methyl sites for hydroxylation is 8. The van der Waals surface area contributed by atoms with Crippen molar-refractivity contribution in [3.8, 4) is 0 Å². The molecule has 2 unspecified atom stereocenters. The second-order valence-electron chi connectivity index (χ2n) is 22.7. The summed E-state index contributed by atoms with van der Waals surface area (Å²) in [5, 5.41) is 3.53. The number of allylic oxidation sites excluding steroid dienone is 1. The molecule has 8 aromatic rings. The highest BCUT2D eigenvalue weighted by Gasteiger charge is 2.25. The van der Waals surface area contributed by atoms with E-state index in [1.54, 1.807) is 24.9 Å². The van der Waals surface area contributed by atoms with Gasteiger partial charge in [0, 0.05) is 99.1 Å². The molecule has 2 atom stereocenters. The van der Waals surface area contributed by atoms with Crippen molar-refractivity contribution >= 4 is 86.7 Å². The molecule has 6 heterocycles. The molecule has 95 heavy (non-hydrogen) atoms. The number of hydrogen-bond acceptors (Lipinski definition) is 10. The topological polar surface area (TPSA) is 115 Å². The van der Waals surface area contributed by atoms with E-state index in [-0.39, 0.29) is 12.1 Å². The summed E-state index contributed by atoms with van der Waals surface area (Å²) in [6, 6.07) is 44.2. The number of hydrogen-bond donors (Lipinski definition) is 0. The quantitative estimate of drug-likeness (QED) is 0.0470. The lowest BCUT2D eigenvalue weighted by atomic mass is 9.96. The number of methoxy groups -OCH3 is 1. The van der Waals surface area contributed by atoms with Crippen LogP contribution in [0.15, 0.2) is 172 Å². The predicted octanol–water partition coefficient (Wildman–Crippen LogP) is 22.2. The number of aliphatic imine (C=N–C) groups is 1. The molecule has 14 nitrogen and oxygen atoms in total. The van der Waals surface area contributed by atoms with Crippen LogP contribution in [0.25, 0.3) is 29.1 Å². The van der Waals surface area contributed by atoms with Gasteiger partial charge in [0.15, 0.2) is 0 Å². The second-order valence-corrected chi connectivity index (χ2v) is 26.2. The van der Waals surface area contributed by atoms with E-state index in [0.29, 0.717) is 51.2 Å². The largest absolute Gasteiger partial charge is 0.385 e. The average molecular weight is 1340 g/mol. The molecule has 0 fully saturated rings. The van der Waals surface area contributed by atoms with Gasteiger partial charge in [0.1, 0.15) is 21.9 Å². The summed E-state index contributed by atoms with van der Waals surface area (Å²) in [5.74, 6) is 1.44. The first-order valence-electron chi connectivity index (χ1n) is 31.0. The summed E-state index contributed by atoms with van der Waals surface area (Å²) in [7, 11) is 3.64. The molecule has 0 N–H and O–H groups in total. The summed E-state index contributed by atoms with van der Waals surface area (Å²) in [6.45, 7) is 64.3. The van der Waals surface area contributed by atoms with E-state index in [4.69, 9.17) is 67.4 Å². The van der Waals surface area contributed by atoms with Crippen LogP contribution >= 0.6 is 46.7 Å². The Labute approximate surface area is 583 Å². The number of benzene rings is 3. The molecule has 0 saturated carbocycles. The SMILES string of the molecule is [C-]#[N+]C1C=CC(C)=NC1CCC(C)C.[C-]#[N+]c1ccc(C)nc1CCCOC.[C-]#[N+]c1ccc(C)nc1CCCc1ccc(Cl)cc1.[C-]#[N+]c1ccc(C)nc1N(C)Cc1ccccc1.[C-]#[N+]c1ccc(C)nc1SC(C)C.[C-]#[N+]c1ccc(C)nc1Sc1ccc(Cl)cc1. The number of anilines is 1. The Balaban J connectivity index is 0.000000244. The molecular formula is C77H83Cl2N13OS2. The zero-order chi connectivity index (χ0) is 69.7. The molecule has 0 saturated heterocycles. The van der Waals surface area contributed by atoms with Crippen LogP contribution in [-0.4, -0.2) is 68.7 Å². The van der Waals surface area contributed by atoms with Gasteiger partial charge in [-0.25, -0.2) is 35.8 Å². The molecule has 9 rings (SSSR count). The first kappa shape index (κ1) is 78.2. The number of rotatable bonds is 18. The van der Waals surface area contributed by atoms with Gasteiger partial charge in [-0.1, -0.05) is 166 Å². The Morgan fingerprint density at radius 1 is 0.526 bits per heavy atom. The molecule has 1 aliphatic heterocycles. The molecular weight excluding hydrogens is 1260 g/mol. The van der Waals surface area contributed by atoms with E-state index in [9.17, 15) is 0 Å². The third kappa shape index (κ3) is 29.3. The standard InChI is InChI=1S/C16H15ClN2.C15H15N3.C13H9ClN2S.C12H18N2.C11H14N2O.C10H12N2S/c1-12-6-11-15(18-2)16(19-12)5-3-4-13-7-9-14(17)10-8-13;1-12-9-10-14(16-2)15(17-12)18(3)11-13-7-5-4-6-8-13;1-9-3-8-12(15-2)13(16-9)17-11-6-4-10(14)5-7-11;1-9(2)5-7-12-11(13-4)8-6-10(3)14-12;1-9-6-7-10(12-2)11(13-9)5-4-8-14-3;1-7(2)13-10-9(11-4)6-5-8(3)12-10/h6-11H,3-5H2,1H3;4-10H,11H2,1,3H3;3-8H,1H3;6,8-9,11-12H,5,7H2,1-3H3;6-7H,4-5,8H2,1,3H3;5-7H,1-3H3. The third-order valence-electron chi connectivity index (χ3n) is 13.8. The Morgan fingerprint density at radius 2 is 1.00 bits per heavy atom. The Hall–Kier alpha value is -9.20. The van der Waals surface area contributed by atoms with E-state index in [1.807, 2.05) is 187 Å². The summed E-state index contributed by atoms with van der Waals surface area (Å²) in [4.78, 5) is 50.5. The molecule has 3 aromatic carbocycles. The minimum Gasteiger partial charge on any atom is -0.385 e. The van der Waals surface area contributed by atoms with Crippen LogP contribution in [0.4, 0.5) is 34.3 Å². The summed E-state index contributed by atoms with van der Waals surface area (Å²) in [6.07, 6.45) is 10.7. The lowest BCUT2D eigenvalue weighted by molar-refractivity contribution is 0.195. The van der Waals surface area contributed by atoms with Gasteiger partial charge < -0.3 is 14.5 Å². The fourth-order valence-electron chi connectivity index (χ4n) is 8.94. The van der Waals surface area contributed by atoms with Crippen molar-refractivity contribution in [3.63, 3.8) is 0 Å². The highest BCUT2D eigenvalue weighted by atomic mass is 35.5. The Morgan fingerprint density at radius 3 is 1.51 bits per heavy atom. The molecule has 488 valence electrons. The monoisotopic (exact) mass is 1340 g/mol. The van der Waals surface area contributed by atoms with Crippen molar-refractivity contribution in [3.05, 3.63) is 281 Å². The van der Waals surface area contributed by atoms with Gasteiger partial charge in [-0.3, -0.25) is 24.9 Å². The van der Waals surface area contributed by atoms with Crippen molar-refractivity contribution in [2.75, 3.05) is 25.7 Å². The van der Waals surface area contributed by atoms with Crippen molar-refractivity contribution < 1.29 is 4.74 Å². The van der Waals surface area contributed by atoms with E-state index < -0.39 is 0 Å². The summed E-state index contributed by atoms with van der Waals surface area (Å²) >= 11 is 14.8. The van der Waals surface area contributed by atoms with E-state index in [0.717, 1.165) is 123 Å². The number of nitrogens with zero attached hydrogens (tertiary/aromatic N) is 13. The number of dihydropyridines is 1. The van der Waals surface area contributed by atoms with Gasteiger partial charge in [0.2, 0.25) is 28.4 Å². The van der Waals surface area contributed by atoms with Gasteiger partial charge in [0.05, 0.1) is 32.9 Å². The maximum Gasteiger partial charge on any atom is 0.264 e. The molecule has 0 spiro atoms. The van der Waals surface area contributed by atoms with Gasteiger partial charge in [-0.05, 0) is 146 Å². The minimum absolute atomic E-state index is 0.0301. The van der Waals surface area contributed by atoms with Crippen LogP contribution in [-0.2, 0) is 30.5 Å². The number of thioether (sulfide) groups is 1. The first-order valence-corrected chi connectivity index (χ1v) is 33.5. The van der Waals surface area contributed by atoms with E-state index in [2.05, 4.69) is 98.8 Å². The lowest BCUT2D eigenvalue weighted by Gasteiger charge is -2.20. The van der Waals surface area contributed by atoms with Crippen molar-refractivity contribution in [1.29, 1.82) is 0 Å². The summed E-state index contributed by atoms with van der Waals surface area (Å²) < 4.78 is 4.96. The van der Waals surface area contributed by atoms with Crippen LogP contribution < -0.4 is 4.90 Å². The third-order valence-corrected chi connectivity index (χ3v) is 16.3. The van der Waals surface area contributed by atoms with Crippen LogP contribution in [0.5, 0.6) is 0 Å². The number of halogens is 2. The lowest BCUT2D eigenvalue weighted by Crippen LogP contribution is -2.24.